The van der Waals surface area contributed by atoms with Crippen LogP contribution in [-0.2, 0) is 0 Å². The van der Waals surface area contributed by atoms with Gasteiger partial charge in [-0.2, -0.15) is 0 Å². The monoisotopic (exact) mass is 374 g/mol. The predicted molar refractivity (Wildman–Crippen MR) is 111 cm³/mol. The Morgan fingerprint density at radius 1 is 1.15 bits per heavy atom. The van der Waals surface area contributed by atoms with Crippen molar-refractivity contribution in [1.82, 2.24) is 5.32 Å². The Bertz CT molecular complexity index is 666. The highest BCUT2D eigenvalue weighted by molar-refractivity contribution is 7.98. The number of aliphatic hydroxyl groups excluding tert-OH is 1. The minimum atomic E-state index is -0.573. The van der Waals surface area contributed by atoms with Crippen molar-refractivity contribution in [2.24, 2.45) is 0 Å². The number of nitrogens with zero attached hydrogens (tertiary/aromatic N) is 1. The van der Waals surface area contributed by atoms with E-state index in [4.69, 9.17) is 0 Å². The molecule has 4 nitrogen and oxygen atoms in total. The number of phenolic OH excluding ortho intramolecular Hbond substituents is 1. The zero-order valence-electron chi connectivity index (χ0n) is 15.9. The van der Waals surface area contributed by atoms with E-state index in [1.165, 1.54) is 17.4 Å². The van der Waals surface area contributed by atoms with E-state index >= 15 is 0 Å². The number of hydrogen-bond acceptors (Lipinski definition) is 5. The summed E-state index contributed by atoms with van der Waals surface area (Å²) in [6, 6.07) is 16.0. The normalized spacial score (nSPS) is 13.4. The Labute approximate surface area is 161 Å². The summed E-state index contributed by atoms with van der Waals surface area (Å²) >= 11 is 1.48. The first-order valence-electron chi connectivity index (χ1n) is 9.05. The van der Waals surface area contributed by atoms with Gasteiger partial charge in [0.25, 0.3) is 0 Å². The molecule has 0 aliphatic rings. The molecule has 0 amide bonds. The van der Waals surface area contributed by atoms with E-state index in [-0.39, 0.29) is 5.75 Å². The molecular formula is C21H30N2O2S. The summed E-state index contributed by atoms with van der Waals surface area (Å²) in [6.45, 7) is 3.67. The molecule has 0 fully saturated rings. The Kier molecular flexibility index (Phi) is 8.29. The zero-order valence-corrected chi connectivity index (χ0v) is 16.7. The summed E-state index contributed by atoms with van der Waals surface area (Å²) in [5.41, 5.74) is 2.07. The second kappa shape index (κ2) is 10.5. The lowest BCUT2D eigenvalue weighted by Gasteiger charge is -2.21. The van der Waals surface area contributed by atoms with E-state index in [1.807, 2.05) is 18.4 Å². The van der Waals surface area contributed by atoms with E-state index in [1.54, 1.807) is 12.1 Å². The SMILES string of the molecule is CSc1cc(C(O)CNC(C)CCCN(C)c2ccccc2)ccc1O. The van der Waals surface area contributed by atoms with Gasteiger partial charge in [-0.3, -0.25) is 0 Å². The third-order valence-corrected chi connectivity index (χ3v) is 5.34. The molecule has 2 aromatic carbocycles. The van der Waals surface area contributed by atoms with Gasteiger partial charge in [0.1, 0.15) is 5.75 Å². The Hall–Kier alpha value is -1.69. The molecule has 2 aromatic rings. The molecule has 0 heterocycles. The van der Waals surface area contributed by atoms with Crippen LogP contribution in [0.2, 0.25) is 0 Å². The van der Waals surface area contributed by atoms with E-state index in [9.17, 15) is 10.2 Å². The maximum Gasteiger partial charge on any atom is 0.129 e. The van der Waals surface area contributed by atoms with Crippen LogP contribution < -0.4 is 10.2 Å². The molecule has 0 aliphatic heterocycles. The number of rotatable bonds is 10. The van der Waals surface area contributed by atoms with Gasteiger partial charge in [0.2, 0.25) is 0 Å². The molecule has 2 atom stereocenters. The molecule has 0 saturated carbocycles. The molecule has 2 unspecified atom stereocenters. The number of aliphatic hydroxyl groups is 1. The van der Waals surface area contributed by atoms with Gasteiger partial charge in [-0.1, -0.05) is 24.3 Å². The van der Waals surface area contributed by atoms with Crippen molar-refractivity contribution in [1.29, 1.82) is 0 Å². The topological polar surface area (TPSA) is 55.7 Å². The summed E-state index contributed by atoms with van der Waals surface area (Å²) in [5.74, 6) is 0.261. The van der Waals surface area contributed by atoms with Crippen LogP contribution in [0.5, 0.6) is 5.75 Å². The molecule has 2 rings (SSSR count). The van der Waals surface area contributed by atoms with Gasteiger partial charge in [0.05, 0.1) is 6.10 Å². The number of benzene rings is 2. The second-order valence-electron chi connectivity index (χ2n) is 6.66. The van der Waals surface area contributed by atoms with Gasteiger partial charge in [0.15, 0.2) is 0 Å². The molecule has 0 saturated heterocycles. The van der Waals surface area contributed by atoms with Crippen LogP contribution in [0.1, 0.15) is 31.4 Å². The first kappa shape index (κ1) is 20.6. The molecule has 0 spiro atoms. The van der Waals surface area contributed by atoms with Crippen LogP contribution in [0.4, 0.5) is 5.69 Å². The molecule has 26 heavy (non-hydrogen) atoms. The van der Waals surface area contributed by atoms with Crippen LogP contribution >= 0.6 is 11.8 Å². The highest BCUT2D eigenvalue weighted by Gasteiger charge is 2.12. The van der Waals surface area contributed by atoms with Crippen molar-refractivity contribution >= 4 is 17.4 Å². The molecule has 0 radical (unpaired) electrons. The van der Waals surface area contributed by atoms with Crippen LogP contribution in [0, 0.1) is 0 Å². The summed E-state index contributed by atoms with van der Waals surface area (Å²) in [5, 5.41) is 23.5. The fourth-order valence-corrected chi connectivity index (χ4v) is 3.41. The van der Waals surface area contributed by atoms with E-state index in [0.717, 1.165) is 29.8 Å². The second-order valence-corrected chi connectivity index (χ2v) is 7.50. The van der Waals surface area contributed by atoms with E-state index in [0.29, 0.717) is 12.6 Å². The first-order chi connectivity index (χ1) is 12.5. The van der Waals surface area contributed by atoms with Gasteiger partial charge in [-0.15, -0.1) is 11.8 Å². The van der Waals surface area contributed by atoms with Crippen LogP contribution in [-0.4, -0.2) is 42.6 Å². The zero-order chi connectivity index (χ0) is 18.9. The molecular weight excluding hydrogens is 344 g/mol. The minimum absolute atomic E-state index is 0.261. The van der Waals surface area contributed by atoms with Crippen molar-refractivity contribution in [2.75, 3.05) is 31.3 Å². The van der Waals surface area contributed by atoms with Crippen LogP contribution in [0.15, 0.2) is 53.4 Å². The third-order valence-electron chi connectivity index (χ3n) is 4.58. The molecule has 3 N–H and O–H groups in total. The number of phenols is 1. The summed E-state index contributed by atoms with van der Waals surface area (Å²) in [7, 11) is 2.12. The number of nitrogens with one attached hydrogen (secondary N) is 1. The standard InChI is InChI=1S/C21H30N2O2S/c1-16(8-7-13-23(2)18-9-5-4-6-10-18)22-15-20(25)17-11-12-19(24)21(14-17)26-3/h4-6,9-12,14,16,20,22,24-25H,7-8,13,15H2,1-3H3. The fourth-order valence-electron chi connectivity index (χ4n) is 2.88. The number of anilines is 1. The Morgan fingerprint density at radius 3 is 2.58 bits per heavy atom. The molecule has 0 aromatic heterocycles. The first-order valence-corrected chi connectivity index (χ1v) is 10.3. The lowest BCUT2D eigenvalue weighted by Crippen LogP contribution is -2.31. The molecule has 0 aliphatic carbocycles. The lowest BCUT2D eigenvalue weighted by molar-refractivity contribution is 0.169. The number of aromatic hydroxyl groups is 1. The predicted octanol–water partition coefficient (Wildman–Crippen LogP) is 4.04. The summed E-state index contributed by atoms with van der Waals surface area (Å²) < 4.78 is 0. The quantitative estimate of drug-likeness (QED) is 0.548. The smallest absolute Gasteiger partial charge is 0.129 e. The Morgan fingerprint density at radius 2 is 1.88 bits per heavy atom. The summed E-state index contributed by atoms with van der Waals surface area (Å²) in [4.78, 5) is 3.06. The third kappa shape index (κ3) is 6.24. The number of para-hydroxylation sites is 1. The van der Waals surface area contributed by atoms with Gasteiger partial charge in [0, 0.05) is 36.8 Å². The largest absolute Gasteiger partial charge is 0.507 e. The van der Waals surface area contributed by atoms with Gasteiger partial charge >= 0.3 is 0 Å². The minimum Gasteiger partial charge on any atom is -0.507 e. The molecule has 0 bridgehead atoms. The van der Waals surface area contributed by atoms with Crippen LogP contribution in [0.3, 0.4) is 0 Å². The molecule has 142 valence electrons. The van der Waals surface area contributed by atoms with Crippen LogP contribution in [0.25, 0.3) is 0 Å². The van der Waals surface area contributed by atoms with Crippen molar-refractivity contribution in [3.05, 3.63) is 54.1 Å². The van der Waals surface area contributed by atoms with E-state index in [2.05, 4.69) is 48.5 Å². The van der Waals surface area contributed by atoms with Crippen molar-refractivity contribution in [3.8, 4) is 5.75 Å². The Balaban J connectivity index is 1.72. The fraction of sp³-hybridized carbons (Fsp3) is 0.429. The van der Waals surface area contributed by atoms with Crippen molar-refractivity contribution < 1.29 is 10.2 Å². The maximum atomic E-state index is 10.4. The summed E-state index contributed by atoms with van der Waals surface area (Å²) in [6.07, 6.45) is 3.48. The highest BCUT2D eigenvalue weighted by atomic mass is 32.2. The van der Waals surface area contributed by atoms with E-state index < -0.39 is 6.10 Å². The lowest BCUT2D eigenvalue weighted by atomic mass is 10.1. The maximum absolute atomic E-state index is 10.4. The molecule has 5 heteroatoms. The van der Waals surface area contributed by atoms with Crippen molar-refractivity contribution in [2.45, 2.75) is 36.8 Å². The average Bonchev–Trinajstić information content (AvgIpc) is 2.67. The number of thioether (sulfide) groups is 1. The van der Waals surface area contributed by atoms with Crippen molar-refractivity contribution in [3.63, 3.8) is 0 Å². The van der Waals surface area contributed by atoms with Gasteiger partial charge < -0.3 is 20.4 Å². The van der Waals surface area contributed by atoms with Gasteiger partial charge in [-0.05, 0) is 55.9 Å². The highest BCUT2D eigenvalue weighted by Crippen LogP contribution is 2.29. The average molecular weight is 375 g/mol. The number of hydrogen-bond donors (Lipinski definition) is 3. The van der Waals surface area contributed by atoms with Gasteiger partial charge in [-0.25, -0.2) is 0 Å².